The molecule has 0 aliphatic rings. The zero-order valence-corrected chi connectivity index (χ0v) is 17.8. The fourth-order valence-electron chi connectivity index (χ4n) is 2.39. The van der Waals surface area contributed by atoms with E-state index in [4.69, 9.17) is 5.73 Å². The Morgan fingerprint density at radius 1 is 1.31 bits per heavy atom. The van der Waals surface area contributed by atoms with Crippen LogP contribution in [0.15, 0.2) is 24.3 Å². The van der Waals surface area contributed by atoms with E-state index in [1.54, 1.807) is 11.9 Å². The van der Waals surface area contributed by atoms with E-state index in [0.29, 0.717) is 12.2 Å². The summed E-state index contributed by atoms with van der Waals surface area (Å²) in [5, 5.41) is 8.28. The summed E-state index contributed by atoms with van der Waals surface area (Å²) in [7, 11) is 1.89. The maximum absolute atomic E-state index is 12.4. The molecule has 0 aliphatic carbocycles. The third kappa shape index (κ3) is 7.35. The number of rotatable bonds is 7. The van der Waals surface area contributed by atoms with Gasteiger partial charge in [0, 0.05) is 24.5 Å². The first-order valence-electron chi connectivity index (χ1n) is 9.28. The molecule has 0 saturated heterocycles. The van der Waals surface area contributed by atoms with Gasteiger partial charge in [-0.2, -0.15) is 5.10 Å². The van der Waals surface area contributed by atoms with Gasteiger partial charge in [-0.15, -0.1) is 0 Å². The highest BCUT2D eigenvalue weighted by atomic mass is 32.2. The van der Waals surface area contributed by atoms with Crippen LogP contribution in [0, 0.1) is 0 Å². The highest BCUT2D eigenvalue weighted by Gasteiger charge is 2.18. The number of benzene rings is 1. The van der Waals surface area contributed by atoms with Crippen LogP contribution in [0.25, 0.3) is 10.9 Å². The van der Waals surface area contributed by atoms with Crippen molar-refractivity contribution in [2.45, 2.75) is 53.1 Å². The van der Waals surface area contributed by atoms with E-state index in [1.807, 2.05) is 63.0 Å². The van der Waals surface area contributed by atoms with Crippen molar-refractivity contribution >= 4 is 28.8 Å². The van der Waals surface area contributed by atoms with Crippen LogP contribution in [0.3, 0.4) is 0 Å². The number of nitrogens with two attached hydrogens (primary N) is 1. The van der Waals surface area contributed by atoms with Crippen LogP contribution < -0.4 is 15.8 Å². The van der Waals surface area contributed by atoms with Gasteiger partial charge >= 0.3 is 0 Å². The highest BCUT2D eigenvalue weighted by Crippen LogP contribution is 2.18. The summed E-state index contributed by atoms with van der Waals surface area (Å²) in [6, 6.07) is 7.80. The second kappa shape index (κ2) is 14.6. The Labute approximate surface area is 162 Å². The van der Waals surface area contributed by atoms with E-state index >= 15 is 0 Å². The topological polar surface area (TPSA) is 85.0 Å². The largest absolute Gasteiger partial charge is 0.347 e. The number of para-hydroxylation sites is 1. The lowest BCUT2D eigenvalue weighted by atomic mass is 10.1. The number of aromatic nitrogens is 2. The molecule has 1 aromatic carbocycles. The standard InChI is InChI=1S/C15H22N4O.C2H7NS.C2H6/c1-3-7-11(10-16)17-15(20)14-12-8-5-6-9-13(12)19(4-2)18-14;1-3-4-2;1-2/h5-6,8-9,11H,3-4,7,10,16H2,1-2H3,(H,17,20);3H,1-2H3;1-2H3. The molecule has 6 nitrogen and oxygen atoms in total. The third-order valence-corrected chi connectivity index (χ3v) is 4.04. The van der Waals surface area contributed by atoms with E-state index in [1.165, 1.54) is 0 Å². The van der Waals surface area contributed by atoms with Gasteiger partial charge in [-0.3, -0.25) is 14.2 Å². The van der Waals surface area contributed by atoms with Gasteiger partial charge in [0.2, 0.25) is 0 Å². The van der Waals surface area contributed by atoms with Crippen molar-refractivity contribution in [3.63, 3.8) is 0 Å². The number of nitrogens with one attached hydrogen (secondary N) is 2. The SMILES string of the molecule is CC.CCCC(CN)NC(=O)c1nn(CC)c2ccccc12.CNSC. The molecule has 7 heteroatoms. The molecule has 0 saturated carbocycles. The molecule has 0 spiro atoms. The van der Waals surface area contributed by atoms with Crippen molar-refractivity contribution in [2.75, 3.05) is 19.8 Å². The fraction of sp³-hybridized carbons (Fsp3) is 0.579. The Kier molecular flexibility index (Phi) is 13.7. The molecule has 148 valence electrons. The second-order valence-corrected chi connectivity index (χ2v) is 6.10. The third-order valence-electron chi connectivity index (χ3n) is 3.63. The summed E-state index contributed by atoms with van der Waals surface area (Å²) in [4.78, 5) is 12.4. The van der Waals surface area contributed by atoms with Gasteiger partial charge in [0.15, 0.2) is 5.69 Å². The summed E-state index contributed by atoms with van der Waals surface area (Å²) in [6.45, 7) is 9.28. The van der Waals surface area contributed by atoms with Gasteiger partial charge < -0.3 is 11.1 Å². The maximum Gasteiger partial charge on any atom is 0.272 e. The molecule has 2 rings (SSSR count). The number of aryl methyl sites for hydroxylation is 1. The minimum Gasteiger partial charge on any atom is -0.347 e. The molecule has 4 N–H and O–H groups in total. The zero-order chi connectivity index (χ0) is 19.9. The highest BCUT2D eigenvalue weighted by molar-refractivity contribution is 7.96. The number of hydrogen-bond donors (Lipinski definition) is 3. The van der Waals surface area contributed by atoms with Crippen LogP contribution in [0.1, 0.15) is 51.0 Å². The normalized spacial score (nSPS) is 11.0. The van der Waals surface area contributed by atoms with Gasteiger partial charge in [-0.1, -0.05) is 57.3 Å². The molecule has 0 fully saturated rings. The van der Waals surface area contributed by atoms with Crippen molar-refractivity contribution in [3.8, 4) is 0 Å². The summed E-state index contributed by atoms with van der Waals surface area (Å²) in [6.07, 6.45) is 3.86. The summed E-state index contributed by atoms with van der Waals surface area (Å²) < 4.78 is 4.70. The van der Waals surface area contributed by atoms with Gasteiger partial charge in [-0.05, 0) is 32.7 Å². The lowest BCUT2D eigenvalue weighted by molar-refractivity contribution is 0.0932. The molecule has 26 heavy (non-hydrogen) atoms. The Morgan fingerprint density at radius 3 is 2.42 bits per heavy atom. The van der Waals surface area contributed by atoms with Gasteiger partial charge in [0.25, 0.3) is 5.91 Å². The number of hydrogen-bond acceptors (Lipinski definition) is 5. The molecule has 1 unspecified atom stereocenters. The Balaban J connectivity index is 0.000000920. The molecule has 0 aliphatic heterocycles. The summed E-state index contributed by atoms with van der Waals surface area (Å²) in [5.41, 5.74) is 7.16. The van der Waals surface area contributed by atoms with Gasteiger partial charge in [0.05, 0.1) is 5.52 Å². The molecule has 2 aromatic rings. The van der Waals surface area contributed by atoms with E-state index in [2.05, 4.69) is 22.1 Å². The average molecular weight is 382 g/mol. The Hall–Kier alpha value is -1.57. The minimum atomic E-state index is -0.141. The number of amides is 1. The van der Waals surface area contributed by atoms with E-state index in [9.17, 15) is 4.79 Å². The molecule has 0 bridgehead atoms. The van der Waals surface area contributed by atoms with Crippen molar-refractivity contribution in [2.24, 2.45) is 5.73 Å². The lowest BCUT2D eigenvalue weighted by Gasteiger charge is -2.14. The van der Waals surface area contributed by atoms with E-state index in [0.717, 1.165) is 30.3 Å². The molecular formula is C19H35N5OS. The number of carbonyl (C=O) groups excluding carboxylic acids is 1. The average Bonchev–Trinajstić information content (AvgIpc) is 3.08. The predicted octanol–water partition coefficient (Wildman–Crippen LogP) is 3.42. The van der Waals surface area contributed by atoms with Crippen LogP contribution >= 0.6 is 11.9 Å². The van der Waals surface area contributed by atoms with Crippen molar-refractivity contribution < 1.29 is 4.79 Å². The molecule has 1 amide bonds. The van der Waals surface area contributed by atoms with Crippen LogP contribution in [0.5, 0.6) is 0 Å². The second-order valence-electron chi connectivity index (χ2n) is 5.28. The van der Waals surface area contributed by atoms with Crippen LogP contribution in [0.4, 0.5) is 0 Å². The smallest absolute Gasteiger partial charge is 0.272 e. The fourth-order valence-corrected chi connectivity index (χ4v) is 2.39. The van der Waals surface area contributed by atoms with E-state index < -0.39 is 0 Å². The Bertz CT molecular complexity index is 627. The van der Waals surface area contributed by atoms with Crippen molar-refractivity contribution in [1.82, 2.24) is 19.8 Å². The molecule has 0 radical (unpaired) electrons. The molecule has 1 heterocycles. The first-order chi connectivity index (χ1) is 12.6. The molecule has 1 aromatic heterocycles. The Morgan fingerprint density at radius 2 is 1.92 bits per heavy atom. The summed E-state index contributed by atoms with van der Waals surface area (Å²) in [5.74, 6) is -0.141. The molecular weight excluding hydrogens is 346 g/mol. The first kappa shape index (κ1) is 24.4. The number of carbonyl (C=O) groups is 1. The van der Waals surface area contributed by atoms with E-state index in [-0.39, 0.29) is 11.9 Å². The van der Waals surface area contributed by atoms with Crippen LogP contribution in [-0.4, -0.2) is 41.6 Å². The maximum atomic E-state index is 12.4. The summed E-state index contributed by atoms with van der Waals surface area (Å²) >= 11 is 1.61. The van der Waals surface area contributed by atoms with Crippen LogP contribution in [0.2, 0.25) is 0 Å². The van der Waals surface area contributed by atoms with Crippen LogP contribution in [-0.2, 0) is 6.54 Å². The number of nitrogens with zero attached hydrogens (tertiary/aromatic N) is 2. The minimum absolute atomic E-state index is 0.0121. The van der Waals surface area contributed by atoms with Gasteiger partial charge in [-0.25, -0.2) is 0 Å². The first-order valence-corrected chi connectivity index (χ1v) is 10.5. The van der Waals surface area contributed by atoms with Gasteiger partial charge in [0.1, 0.15) is 0 Å². The lowest BCUT2D eigenvalue weighted by Crippen LogP contribution is -2.40. The quantitative estimate of drug-likeness (QED) is 0.640. The van der Waals surface area contributed by atoms with Crippen molar-refractivity contribution in [3.05, 3.63) is 30.0 Å². The predicted molar refractivity (Wildman–Crippen MR) is 115 cm³/mol. The molecule has 1 atom stereocenters. The monoisotopic (exact) mass is 381 g/mol. The van der Waals surface area contributed by atoms with Crippen molar-refractivity contribution in [1.29, 1.82) is 0 Å². The zero-order valence-electron chi connectivity index (χ0n) is 17.0. The number of fused-ring (bicyclic) bond motifs is 1.